The summed E-state index contributed by atoms with van der Waals surface area (Å²) in [6, 6.07) is 13.6. The molecule has 0 saturated heterocycles. The third-order valence-electron chi connectivity index (χ3n) is 5.50. The number of nitro benzene ring substituents is 1. The van der Waals surface area contributed by atoms with Gasteiger partial charge in [0.1, 0.15) is 18.2 Å². The van der Waals surface area contributed by atoms with Gasteiger partial charge in [0.15, 0.2) is 5.12 Å². The summed E-state index contributed by atoms with van der Waals surface area (Å²) in [4.78, 5) is 62.1. The number of benzene rings is 2. The van der Waals surface area contributed by atoms with Gasteiger partial charge < -0.3 is 20.3 Å². The van der Waals surface area contributed by atoms with E-state index in [1.54, 1.807) is 20.8 Å². The lowest BCUT2D eigenvalue weighted by atomic mass is 10.0. The van der Waals surface area contributed by atoms with Gasteiger partial charge in [0, 0.05) is 44.3 Å². The average molecular weight is 573 g/mol. The van der Waals surface area contributed by atoms with Crippen LogP contribution in [0, 0.1) is 10.1 Å². The van der Waals surface area contributed by atoms with E-state index in [0.717, 1.165) is 17.3 Å². The Balaban J connectivity index is 2.19. The van der Waals surface area contributed by atoms with E-state index in [1.165, 1.54) is 36.1 Å². The van der Waals surface area contributed by atoms with Crippen LogP contribution in [0.5, 0.6) is 0 Å². The van der Waals surface area contributed by atoms with Crippen molar-refractivity contribution in [2.24, 2.45) is 0 Å². The maximum absolute atomic E-state index is 13.4. The molecule has 0 aromatic heterocycles. The molecule has 2 rings (SSSR count). The first-order chi connectivity index (χ1) is 18.8. The minimum absolute atomic E-state index is 0.0264. The Hall–Kier alpha value is -3.93. The predicted molar refractivity (Wildman–Crippen MR) is 153 cm³/mol. The molecule has 0 radical (unpaired) electrons. The quantitative estimate of drug-likeness (QED) is 0.211. The molecule has 0 fully saturated rings. The number of esters is 1. The highest BCUT2D eigenvalue weighted by Gasteiger charge is 2.26. The number of hydrogen-bond acceptors (Lipinski definition) is 8. The van der Waals surface area contributed by atoms with E-state index in [4.69, 9.17) is 4.74 Å². The zero-order valence-electron chi connectivity index (χ0n) is 23.2. The first kappa shape index (κ1) is 32.3. The summed E-state index contributed by atoms with van der Waals surface area (Å²) in [5, 5.41) is 16.2. The number of nitro groups is 1. The van der Waals surface area contributed by atoms with E-state index in [2.05, 4.69) is 10.6 Å². The Morgan fingerprint density at radius 1 is 1.00 bits per heavy atom. The van der Waals surface area contributed by atoms with Gasteiger partial charge in [0.2, 0.25) is 5.91 Å². The molecule has 2 aromatic carbocycles. The van der Waals surface area contributed by atoms with E-state index in [9.17, 15) is 29.3 Å². The van der Waals surface area contributed by atoms with Crippen LogP contribution in [0.25, 0.3) is 0 Å². The first-order valence-electron chi connectivity index (χ1n) is 12.8. The van der Waals surface area contributed by atoms with Gasteiger partial charge in [-0.15, -0.1) is 0 Å². The van der Waals surface area contributed by atoms with Gasteiger partial charge in [0.05, 0.1) is 4.92 Å². The largest absolute Gasteiger partial charge is 0.459 e. The van der Waals surface area contributed by atoms with Crippen molar-refractivity contribution in [3.63, 3.8) is 0 Å². The van der Waals surface area contributed by atoms with Crippen molar-refractivity contribution in [3.8, 4) is 0 Å². The number of carbonyl (C=O) groups is 4. The van der Waals surface area contributed by atoms with Gasteiger partial charge in [-0.25, -0.2) is 4.79 Å². The molecular formula is C28H36N4O7S. The maximum atomic E-state index is 13.4. The number of amides is 3. The van der Waals surface area contributed by atoms with Crippen molar-refractivity contribution in [1.82, 2.24) is 15.5 Å². The van der Waals surface area contributed by atoms with Gasteiger partial charge >= 0.3 is 12.0 Å². The SMILES string of the molecule is CC(=O)SCCN(CCc1ccccc1)C(=O)N[C@@H](Cc1ccc([N+](=O)[O-])cc1)C(=O)NCC(=O)OC(C)(C)C. The minimum atomic E-state index is -1.09. The van der Waals surface area contributed by atoms with Crippen LogP contribution >= 0.6 is 11.8 Å². The summed E-state index contributed by atoms with van der Waals surface area (Å²) in [6.45, 7) is 6.80. The Morgan fingerprint density at radius 2 is 1.65 bits per heavy atom. The maximum Gasteiger partial charge on any atom is 0.325 e. The van der Waals surface area contributed by atoms with Gasteiger partial charge in [-0.3, -0.25) is 24.5 Å². The molecule has 0 aliphatic rings. The van der Waals surface area contributed by atoms with Crippen LogP contribution in [-0.2, 0) is 32.0 Å². The summed E-state index contributed by atoms with van der Waals surface area (Å²) in [5.74, 6) is -0.860. The molecule has 2 N–H and O–H groups in total. The zero-order valence-corrected chi connectivity index (χ0v) is 24.0. The van der Waals surface area contributed by atoms with Gasteiger partial charge in [0.25, 0.3) is 5.69 Å². The lowest BCUT2D eigenvalue weighted by molar-refractivity contribution is -0.384. The zero-order chi connectivity index (χ0) is 29.7. The van der Waals surface area contributed by atoms with E-state index in [1.807, 2.05) is 30.3 Å². The molecule has 40 heavy (non-hydrogen) atoms. The first-order valence-corrected chi connectivity index (χ1v) is 13.8. The van der Waals surface area contributed by atoms with Crippen LogP contribution in [0.15, 0.2) is 54.6 Å². The second-order valence-corrected chi connectivity index (χ2v) is 11.3. The molecule has 0 aliphatic carbocycles. The van der Waals surface area contributed by atoms with Crippen molar-refractivity contribution in [2.45, 2.75) is 52.2 Å². The van der Waals surface area contributed by atoms with Crippen molar-refractivity contribution in [1.29, 1.82) is 0 Å². The second-order valence-electron chi connectivity index (χ2n) is 10.00. The summed E-state index contributed by atoms with van der Waals surface area (Å²) in [5.41, 5.74) is 0.766. The second kappa shape index (κ2) is 15.6. The molecule has 1 atom stereocenters. The summed E-state index contributed by atoms with van der Waals surface area (Å²) >= 11 is 1.10. The molecule has 2 aromatic rings. The molecule has 0 bridgehead atoms. The van der Waals surface area contributed by atoms with Crippen molar-refractivity contribution >= 4 is 40.5 Å². The Labute approximate surface area is 238 Å². The Kier molecular flexibility index (Phi) is 12.6. The molecule has 12 heteroatoms. The number of urea groups is 1. The van der Waals surface area contributed by atoms with Crippen molar-refractivity contribution in [2.75, 3.05) is 25.4 Å². The lowest BCUT2D eigenvalue weighted by Crippen LogP contribution is -2.53. The fourth-order valence-electron chi connectivity index (χ4n) is 3.62. The molecule has 0 spiro atoms. The molecule has 216 valence electrons. The van der Waals surface area contributed by atoms with Crippen LogP contribution in [-0.4, -0.2) is 69.9 Å². The smallest absolute Gasteiger partial charge is 0.325 e. The fourth-order valence-corrected chi connectivity index (χ4v) is 4.22. The monoisotopic (exact) mass is 572 g/mol. The highest BCUT2D eigenvalue weighted by Crippen LogP contribution is 2.14. The molecule has 0 heterocycles. The predicted octanol–water partition coefficient (Wildman–Crippen LogP) is 3.50. The van der Waals surface area contributed by atoms with E-state index in [0.29, 0.717) is 24.3 Å². The normalized spacial score (nSPS) is 11.7. The van der Waals surface area contributed by atoms with E-state index >= 15 is 0 Å². The minimum Gasteiger partial charge on any atom is -0.459 e. The molecular weight excluding hydrogens is 536 g/mol. The van der Waals surface area contributed by atoms with Gasteiger partial charge in [-0.05, 0) is 38.3 Å². The molecule has 0 saturated carbocycles. The molecule has 11 nitrogen and oxygen atoms in total. The van der Waals surface area contributed by atoms with Crippen LogP contribution < -0.4 is 10.6 Å². The van der Waals surface area contributed by atoms with Crippen LogP contribution in [0.4, 0.5) is 10.5 Å². The Bertz CT molecular complexity index is 1170. The number of nitrogens with zero attached hydrogens (tertiary/aromatic N) is 2. The summed E-state index contributed by atoms with van der Waals surface area (Å²) in [7, 11) is 0. The van der Waals surface area contributed by atoms with Crippen molar-refractivity contribution in [3.05, 3.63) is 75.8 Å². The number of carbonyl (C=O) groups excluding carboxylic acids is 4. The number of thioether (sulfide) groups is 1. The standard InChI is InChI=1S/C28H36N4O7S/c1-20(33)40-17-16-31(15-14-21-8-6-5-7-9-21)27(36)30-24(18-22-10-12-23(13-11-22)32(37)38)26(35)29-19-25(34)39-28(2,3)4/h5-13,24H,14-19H2,1-4H3,(H,29,35)(H,30,36)/t24-/m0/s1. The third kappa shape index (κ3) is 12.3. The molecule has 3 amide bonds. The Morgan fingerprint density at radius 3 is 2.23 bits per heavy atom. The van der Waals surface area contributed by atoms with Gasteiger partial charge in [-0.1, -0.05) is 54.2 Å². The highest BCUT2D eigenvalue weighted by molar-refractivity contribution is 8.13. The van der Waals surface area contributed by atoms with Gasteiger partial charge in [-0.2, -0.15) is 0 Å². The number of ether oxygens (including phenoxy) is 1. The molecule has 0 unspecified atom stereocenters. The number of nitrogens with one attached hydrogen (secondary N) is 2. The lowest BCUT2D eigenvalue weighted by Gasteiger charge is -2.26. The van der Waals surface area contributed by atoms with E-state index in [-0.39, 0.29) is 23.8 Å². The highest BCUT2D eigenvalue weighted by atomic mass is 32.2. The summed E-state index contributed by atoms with van der Waals surface area (Å²) < 4.78 is 5.24. The van der Waals surface area contributed by atoms with Crippen LogP contribution in [0.2, 0.25) is 0 Å². The topological polar surface area (TPSA) is 148 Å². The fraction of sp³-hybridized carbons (Fsp3) is 0.429. The third-order valence-corrected chi connectivity index (χ3v) is 6.29. The number of non-ortho nitro benzene ring substituents is 1. The number of rotatable bonds is 13. The molecule has 0 aliphatic heterocycles. The van der Waals surface area contributed by atoms with Crippen LogP contribution in [0.1, 0.15) is 38.8 Å². The van der Waals surface area contributed by atoms with E-state index < -0.39 is 41.0 Å². The summed E-state index contributed by atoms with van der Waals surface area (Å²) in [6.07, 6.45) is 0.593. The average Bonchev–Trinajstić information content (AvgIpc) is 2.88. The van der Waals surface area contributed by atoms with Crippen molar-refractivity contribution < 1.29 is 28.8 Å². The number of hydrogen-bond donors (Lipinski definition) is 2. The van der Waals surface area contributed by atoms with Crippen LogP contribution in [0.3, 0.4) is 0 Å².